The number of nitrogens with one attached hydrogen (secondary N) is 2. The van der Waals surface area contributed by atoms with Gasteiger partial charge in [0.1, 0.15) is 10.7 Å². The lowest BCUT2D eigenvalue weighted by atomic mass is 10.1. The van der Waals surface area contributed by atoms with Gasteiger partial charge in [0, 0.05) is 23.6 Å². The highest BCUT2D eigenvalue weighted by Gasteiger charge is 2.16. The Morgan fingerprint density at radius 2 is 2.07 bits per heavy atom. The molecule has 27 heavy (non-hydrogen) atoms. The molecule has 0 saturated heterocycles. The summed E-state index contributed by atoms with van der Waals surface area (Å²) in [7, 11) is 0. The average molecular weight is 403 g/mol. The number of anilines is 3. The highest BCUT2D eigenvalue weighted by Crippen LogP contribution is 2.35. The van der Waals surface area contributed by atoms with Crippen molar-refractivity contribution < 1.29 is 14.3 Å². The van der Waals surface area contributed by atoms with Crippen LogP contribution in [0.2, 0.25) is 0 Å². The summed E-state index contributed by atoms with van der Waals surface area (Å²) >= 11 is 2.73. The molecule has 1 aromatic carbocycles. The molecule has 8 nitrogen and oxygen atoms in total. The van der Waals surface area contributed by atoms with Gasteiger partial charge in [-0.05, 0) is 18.1 Å². The summed E-state index contributed by atoms with van der Waals surface area (Å²) in [6.07, 6.45) is 0.841. The molecule has 0 radical (unpaired) electrons. The summed E-state index contributed by atoms with van der Waals surface area (Å²) in [5, 5.41) is 17.7. The molecule has 0 fully saturated rings. The van der Waals surface area contributed by atoms with Crippen LogP contribution in [-0.2, 0) is 6.42 Å². The summed E-state index contributed by atoms with van der Waals surface area (Å²) in [5.74, 6) is 1.58. The molecule has 2 N–H and O–H groups in total. The van der Waals surface area contributed by atoms with Crippen LogP contribution in [0.3, 0.4) is 0 Å². The van der Waals surface area contributed by atoms with Gasteiger partial charge in [-0.15, -0.1) is 21.5 Å². The summed E-state index contributed by atoms with van der Waals surface area (Å²) in [6.45, 7) is 4.46. The van der Waals surface area contributed by atoms with E-state index >= 15 is 0 Å². The SMILES string of the molecule is CC(C)Cc1nnc(NC(=O)c2csc(Nc3ccc4c(c3)OCO4)n2)s1. The number of fused-ring (bicyclic) bond motifs is 1. The molecule has 1 aliphatic heterocycles. The number of carbonyl (C=O) groups excluding carboxylic acids is 1. The Hall–Kier alpha value is -2.72. The normalized spacial score (nSPS) is 12.4. The first-order valence-electron chi connectivity index (χ1n) is 8.33. The number of amides is 1. The van der Waals surface area contributed by atoms with E-state index in [0.717, 1.165) is 17.1 Å². The molecule has 0 aliphatic carbocycles. The summed E-state index contributed by atoms with van der Waals surface area (Å²) < 4.78 is 10.7. The zero-order valence-electron chi connectivity index (χ0n) is 14.7. The number of hydrogen-bond acceptors (Lipinski definition) is 9. The van der Waals surface area contributed by atoms with E-state index < -0.39 is 0 Å². The lowest BCUT2D eigenvalue weighted by molar-refractivity contribution is 0.102. The van der Waals surface area contributed by atoms with Crippen molar-refractivity contribution in [1.29, 1.82) is 0 Å². The Balaban J connectivity index is 1.39. The topological polar surface area (TPSA) is 98.3 Å². The van der Waals surface area contributed by atoms with Crippen molar-refractivity contribution in [3.05, 3.63) is 34.3 Å². The fraction of sp³-hybridized carbons (Fsp3) is 0.294. The van der Waals surface area contributed by atoms with Crippen molar-refractivity contribution in [1.82, 2.24) is 15.2 Å². The number of rotatable bonds is 6. The van der Waals surface area contributed by atoms with Crippen LogP contribution in [0, 0.1) is 5.92 Å². The van der Waals surface area contributed by atoms with Crippen LogP contribution in [0.1, 0.15) is 29.3 Å². The summed E-state index contributed by atoms with van der Waals surface area (Å²) in [5.41, 5.74) is 1.13. The molecule has 4 rings (SSSR count). The van der Waals surface area contributed by atoms with E-state index in [1.54, 1.807) is 5.38 Å². The molecule has 0 spiro atoms. The minimum atomic E-state index is -0.308. The second kappa shape index (κ2) is 7.49. The lowest BCUT2D eigenvalue weighted by Gasteiger charge is -2.03. The van der Waals surface area contributed by atoms with Crippen LogP contribution >= 0.6 is 22.7 Å². The van der Waals surface area contributed by atoms with Crippen LogP contribution in [0.15, 0.2) is 23.6 Å². The van der Waals surface area contributed by atoms with E-state index in [-0.39, 0.29) is 12.7 Å². The van der Waals surface area contributed by atoms with E-state index in [9.17, 15) is 4.79 Å². The maximum absolute atomic E-state index is 12.4. The van der Waals surface area contributed by atoms with E-state index in [2.05, 4.69) is 39.7 Å². The Labute approximate surface area is 163 Å². The molecular formula is C17H17N5O3S2. The van der Waals surface area contributed by atoms with E-state index in [4.69, 9.17) is 9.47 Å². The van der Waals surface area contributed by atoms with Crippen molar-refractivity contribution in [2.75, 3.05) is 17.4 Å². The number of nitrogens with zero attached hydrogens (tertiary/aromatic N) is 3. The summed E-state index contributed by atoms with van der Waals surface area (Å²) in [6, 6.07) is 5.53. The standard InChI is InChI=1S/C17H17N5O3S2/c1-9(2)5-14-21-22-17(27-14)20-15(23)11-7-26-16(19-11)18-10-3-4-12-13(6-10)25-8-24-12/h3-4,6-7,9H,5,8H2,1-2H3,(H,18,19)(H,20,22,23). The van der Waals surface area contributed by atoms with Gasteiger partial charge in [-0.25, -0.2) is 4.98 Å². The zero-order valence-corrected chi connectivity index (χ0v) is 16.3. The molecule has 0 saturated carbocycles. The highest BCUT2D eigenvalue weighted by molar-refractivity contribution is 7.15. The van der Waals surface area contributed by atoms with Crippen molar-refractivity contribution in [2.24, 2.45) is 5.92 Å². The fourth-order valence-electron chi connectivity index (χ4n) is 2.43. The maximum Gasteiger partial charge on any atom is 0.277 e. The lowest BCUT2D eigenvalue weighted by Crippen LogP contribution is -2.12. The molecule has 0 unspecified atom stereocenters. The molecule has 1 amide bonds. The van der Waals surface area contributed by atoms with Crippen LogP contribution < -0.4 is 20.1 Å². The minimum absolute atomic E-state index is 0.227. The molecule has 1 aliphatic rings. The minimum Gasteiger partial charge on any atom is -0.454 e. The Morgan fingerprint density at radius 1 is 1.22 bits per heavy atom. The van der Waals surface area contributed by atoms with Gasteiger partial charge in [0.15, 0.2) is 16.6 Å². The molecule has 2 aromatic heterocycles. The molecule has 10 heteroatoms. The van der Waals surface area contributed by atoms with Gasteiger partial charge in [-0.3, -0.25) is 10.1 Å². The quantitative estimate of drug-likeness (QED) is 0.644. The van der Waals surface area contributed by atoms with E-state index in [1.165, 1.54) is 22.7 Å². The van der Waals surface area contributed by atoms with Crippen LogP contribution in [0.4, 0.5) is 16.0 Å². The van der Waals surface area contributed by atoms with E-state index in [1.807, 2.05) is 18.2 Å². The molecule has 0 bridgehead atoms. The van der Waals surface area contributed by atoms with Crippen molar-refractivity contribution in [3.8, 4) is 11.5 Å². The highest BCUT2D eigenvalue weighted by atomic mass is 32.1. The zero-order chi connectivity index (χ0) is 18.8. The van der Waals surface area contributed by atoms with Gasteiger partial charge in [0.2, 0.25) is 11.9 Å². The molecule has 0 atom stereocenters. The smallest absolute Gasteiger partial charge is 0.277 e. The number of thiazole rings is 1. The average Bonchev–Trinajstić information content (AvgIpc) is 3.35. The van der Waals surface area contributed by atoms with Crippen LogP contribution in [0.25, 0.3) is 0 Å². The third kappa shape index (κ3) is 4.17. The molecule has 3 aromatic rings. The molecular weight excluding hydrogens is 386 g/mol. The Kier molecular flexibility index (Phi) is 4.90. The fourth-order valence-corrected chi connectivity index (χ4v) is 4.09. The van der Waals surface area contributed by atoms with Gasteiger partial charge >= 0.3 is 0 Å². The van der Waals surface area contributed by atoms with Gasteiger partial charge in [-0.2, -0.15) is 0 Å². The first kappa shape index (κ1) is 17.7. The number of ether oxygens (including phenoxy) is 2. The van der Waals surface area contributed by atoms with Gasteiger partial charge in [-0.1, -0.05) is 25.2 Å². The molecule has 3 heterocycles. The Morgan fingerprint density at radius 3 is 2.93 bits per heavy atom. The third-order valence-electron chi connectivity index (χ3n) is 3.63. The van der Waals surface area contributed by atoms with Crippen LogP contribution in [0.5, 0.6) is 11.5 Å². The van der Waals surface area contributed by atoms with Crippen LogP contribution in [-0.4, -0.2) is 27.9 Å². The second-order valence-corrected chi connectivity index (χ2v) is 8.20. The van der Waals surface area contributed by atoms with Crippen molar-refractivity contribution in [3.63, 3.8) is 0 Å². The predicted molar refractivity (Wildman–Crippen MR) is 104 cm³/mol. The predicted octanol–water partition coefficient (Wildman–Crippen LogP) is 3.92. The Bertz CT molecular complexity index is 969. The first-order chi connectivity index (χ1) is 13.1. The summed E-state index contributed by atoms with van der Waals surface area (Å²) in [4.78, 5) is 16.7. The number of carbonyl (C=O) groups is 1. The molecule has 140 valence electrons. The van der Waals surface area contributed by atoms with E-state index in [0.29, 0.717) is 33.4 Å². The van der Waals surface area contributed by atoms with Crippen molar-refractivity contribution >= 4 is 44.5 Å². The van der Waals surface area contributed by atoms with Gasteiger partial charge in [0.05, 0.1) is 0 Å². The first-order valence-corrected chi connectivity index (χ1v) is 10.0. The monoisotopic (exact) mass is 403 g/mol. The second-order valence-electron chi connectivity index (χ2n) is 6.28. The largest absolute Gasteiger partial charge is 0.454 e. The number of hydrogen-bond donors (Lipinski definition) is 2. The maximum atomic E-state index is 12.4. The van der Waals surface area contributed by atoms with Gasteiger partial charge < -0.3 is 14.8 Å². The number of benzene rings is 1. The van der Waals surface area contributed by atoms with Gasteiger partial charge in [0.25, 0.3) is 5.91 Å². The number of aromatic nitrogens is 3. The third-order valence-corrected chi connectivity index (χ3v) is 5.25. The van der Waals surface area contributed by atoms with Crippen molar-refractivity contribution in [2.45, 2.75) is 20.3 Å².